The van der Waals surface area contributed by atoms with Gasteiger partial charge in [-0.2, -0.15) is 0 Å². The van der Waals surface area contributed by atoms with Crippen LogP contribution in [0.15, 0.2) is 60.4 Å². The Balaban J connectivity index is 1.25. The molecule has 6 rings (SSSR count). The van der Waals surface area contributed by atoms with E-state index in [1.165, 1.54) is 0 Å². The monoisotopic (exact) mass is 563 g/mol. The van der Waals surface area contributed by atoms with Gasteiger partial charge in [-0.3, -0.25) is 9.59 Å². The Bertz CT molecular complexity index is 1290. The third-order valence-corrected chi connectivity index (χ3v) is 8.69. The number of carbonyl (C=O) groups is 2. The summed E-state index contributed by atoms with van der Waals surface area (Å²) in [6, 6.07) is 15.7. The number of benzene rings is 2. The number of carbonyl (C=O) groups excluding carboxylic acids is 2. The Morgan fingerprint density at radius 2 is 1.90 bits per heavy atom. The van der Waals surface area contributed by atoms with Crippen LogP contribution in [0.3, 0.4) is 0 Å². The summed E-state index contributed by atoms with van der Waals surface area (Å²) in [5.41, 5.74) is 1.27. The smallest absolute Gasteiger partial charge is 0.288 e. The molecule has 2 amide bonds. The van der Waals surface area contributed by atoms with E-state index in [0.29, 0.717) is 63.5 Å². The fourth-order valence-electron chi connectivity index (χ4n) is 6.53. The number of aliphatic hydroxyl groups excluding tert-OH is 1. The first-order valence-electron chi connectivity index (χ1n) is 14.4. The minimum atomic E-state index is -0.682. The molecule has 0 bridgehead atoms. The van der Waals surface area contributed by atoms with Crippen LogP contribution >= 0.6 is 0 Å². The van der Waals surface area contributed by atoms with E-state index >= 15 is 0 Å². The van der Waals surface area contributed by atoms with Gasteiger partial charge in [0.2, 0.25) is 19.0 Å². The van der Waals surface area contributed by atoms with Crippen LogP contribution in [0.25, 0.3) is 0 Å². The second-order valence-corrected chi connectivity index (χ2v) is 10.9. The van der Waals surface area contributed by atoms with E-state index in [-0.39, 0.29) is 42.8 Å². The summed E-state index contributed by atoms with van der Waals surface area (Å²) in [4.78, 5) is 30.9. The lowest BCUT2D eigenvalue weighted by molar-refractivity contribution is -0.171. The molecule has 2 aromatic rings. The fraction of sp³-hybridized carbons (Fsp3) is 0.484. The molecule has 0 saturated carbocycles. The third kappa shape index (κ3) is 5.10. The van der Waals surface area contributed by atoms with Crippen molar-refractivity contribution >= 4 is 17.5 Å². The van der Waals surface area contributed by atoms with Crippen molar-refractivity contribution in [2.45, 2.75) is 50.4 Å². The van der Waals surface area contributed by atoms with E-state index < -0.39 is 11.8 Å². The van der Waals surface area contributed by atoms with Gasteiger partial charge in [0.05, 0.1) is 6.67 Å². The lowest BCUT2D eigenvalue weighted by Crippen LogP contribution is -2.57. The maximum Gasteiger partial charge on any atom is 0.288 e. The summed E-state index contributed by atoms with van der Waals surface area (Å²) in [6.07, 6.45) is 3.54. The predicted octanol–water partition coefficient (Wildman–Crippen LogP) is 3.12. The van der Waals surface area contributed by atoms with E-state index in [0.717, 1.165) is 11.3 Å². The first-order chi connectivity index (χ1) is 20.0. The zero-order chi connectivity index (χ0) is 28.4. The second-order valence-electron chi connectivity index (χ2n) is 10.9. The van der Waals surface area contributed by atoms with Crippen LogP contribution in [-0.4, -0.2) is 73.4 Å². The summed E-state index contributed by atoms with van der Waals surface area (Å²) >= 11 is 0. The van der Waals surface area contributed by atoms with Gasteiger partial charge in [0, 0.05) is 43.8 Å². The normalized spacial score (nSPS) is 24.7. The molecular formula is C31H37N3O7. The lowest BCUT2D eigenvalue weighted by atomic mass is 9.80. The molecule has 4 aliphatic heterocycles. The van der Waals surface area contributed by atoms with E-state index in [1.807, 2.05) is 61.5 Å². The first kappa shape index (κ1) is 27.4. The van der Waals surface area contributed by atoms with Crippen LogP contribution in [0.5, 0.6) is 11.5 Å². The lowest BCUT2D eigenvalue weighted by Gasteiger charge is -2.44. The number of para-hydroxylation sites is 1. The number of nitrogens with one attached hydrogen (secondary N) is 1. The number of piperidine rings is 1. The Labute approximate surface area is 239 Å². The van der Waals surface area contributed by atoms with E-state index in [9.17, 15) is 14.7 Å². The largest absolute Gasteiger partial charge is 0.459 e. The molecule has 0 aliphatic carbocycles. The molecule has 10 nitrogen and oxygen atoms in total. The number of hydrogen-bond acceptors (Lipinski definition) is 8. The molecule has 2 saturated heterocycles. The van der Waals surface area contributed by atoms with Gasteiger partial charge in [0.1, 0.15) is 5.54 Å². The highest BCUT2D eigenvalue weighted by Crippen LogP contribution is 2.43. The van der Waals surface area contributed by atoms with E-state index in [2.05, 4.69) is 10.2 Å². The molecule has 0 unspecified atom stereocenters. The van der Waals surface area contributed by atoms with Crippen LogP contribution < -0.4 is 19.7 Å². The van der Waals surface area contributed by atoms with Crippen molar-refractivity contribution in [3.05, 3.63) is 65.9 Å². The van der Waals surface area contributed by atoms with Crippen molar-refractivity contribution < 1.29 is 33.6 Å². The SMILES string of the molecule is CCO[C@H]1OC(C(=O)N2CCC3(CC2)C(=O)NCN3c2ccccc2)=C[C@@H](c2ccc3c(c2)OCO3)[C@H]1CCCO. The summed E-state index contributed by atoms with van der Waals surface area (Å²) in [5.74, 6) is 1.11. The number of amides is 2. The Morgan fingerprint density at radius 1 is 1.12 bits per heavy atom. The van der Waals surface area contributed by atoms with Crippen molar-refractivity contribution in [3.63, 3.8) is 0 Å². The van der Waals surface area contributed by atoms with E-state index in [4.69, 9.17) is 18.9 Å². The number of fused-ring (bicyclic) bond motifs is 1. The maximum absolute atomic E-state index is 13.9. The second kappa shape index (κ2) is 11.6. The standard InChI is InChI=1S/C31H37N3O7/c1-2-38-29-23(9-6-16-35)24(21-10-11-25-26(17-21)40-20-39-25)18-27(41-29)28(36)33-14-12-31(13-15-33)30(37)32-19-34(31)22-7-4-3-5-8-22/h3-5,7-8,10-11,17-18,23-24,29,35H,2,6,9,12-16,19-20H2,1H3,(H,32,37)/t23-,24+,29+/m1/s1. The van der Waals surface area contributed by atoms with Gasteiger partial charge in [-0.15, -0.1) is 0 Å². The fourth-order valence-corrected chi connectivity index (χ4v) is 6.53. The maximum atomic E-state index is 13.9. The summed E-state index contributed by atoms with van der Waals surface area (Å²) < 4.78 is 23.4. The number of anilines is 1. The molecular weight excluding hydrogens is 526 g/mol. The number of rotatable bonds is 8. The molecule has 41 heavy (non-hydrogen) atoms. The zero-order valence-electron chi connectivity index (χ0n) is 23.3. The number of hydrogen-bond donors (Lipinski definition) is 2. The highest BCUT2D eigenvalue weighted by atomic mass is 16.7. The molecule has 2 N–H and O–H groups in total. The van der Waals surface area contributed by atoms with Gasteiger partial charge < -0.3 is 39.2 Å². The van der Waals surface area contributed by atoms with Gasteiger partial charge in [-0.25, -0.2) is 0 Å². The molecule has 3 atom stereocenters. The molecule has 10 heteroatoms. The third-order valence-electron chi connectivity index (χ3n) is 8.69. The summed E-state index contributed by atoms with van der Waals surface area (Å²) in [7, 11) is 0. The van der Waals surface area contributed by atoms with Gasteiger partial charge >= 0.3 is 0 Å². The van der Waals surface area contributed by atoms with Crippen LogP contribution in [0, 0.1) is 5.92 Å². The van der Waals surface area contributed by atoms with Crippen LogP contribution in [0.1, 0.15) is 44.1 Å². The highest BCUT2D eigenvalue weighted by molar-refractivity contribution is 5.95. The molecule has 4 heterocycles. The average molecular weight is 564 g/mol. The topological polar surface area (TPSA) is 110 Å². The highest BCUT2D eigenvalue weighted by Gasteiger charge is 2.51. The molecule has 2 aromatic carbocycles. The number of ether oxygens (including phenoxy) is 4. The Hall–Kier alpha value is -3.76. The number of nitrogens with zero attached hydrogens (tertiary/aromatic N) is 2. The molecule has 218 valence electrons. The number of aliphatic hydroxyl groups is 1. The Morgan fingerprint density at radius 3 is 2.66 bits per heavy atom. The van der Waals surface area contributed by atoms with Gasteiger partial charge in [-0.05, 0) is 68.5 Å². The van der Waals surface area contributed by atoms with Crippen molar-refractivity contribution in [1.82, 2.24) is 10.2 Å². The molecule has 0 aromatic heterocycles. The summed E-state index contributed by atoms with van der Waals surface area (Å²) in [5, 5.41) is 12.6. The molecule has 2 fully saturated rings. The van der Waals surface area contributed by atoms with Gasteiger partial charge in [-0.1, -0.05) is 24.3 Å². The van der Waals surface area contributed by atoms with Gasteiger partial charge in [0.15, 0.2) is 17.3 Å². The van der Waals surface area contributed by atoms with Crippen molar-refractivity contribution in [3.8, 4) is 11.5 Å². The van der Waals surface area contributed by atoms with Crippen LogP contribution in [0.4, 0.5) is 5.69 Å². The summed E-state index contributed by atoms with van der Waals surface area (Å²) in [6.45, 7) is 3.87. The van der Waals surface area contributed by atoms with Crippen LogP contribution in [0.2, 0.25) is 0 Å². The molecule has 1 spiro atoms. The number of likely N-dealkylation sites (tertiary alicyclic amines) is 1. The minimum absolute atomic E-state index is 0.00703. The average Bonchev–Trinajstić information content (AvgIpc) is 3.60. The number of allylic oxidation sites excluding steroid dienone is 1. The zero-order valence-corrected chi connectivity index (χ0v) is 23.3. The van der Waals surface area contributed by atoms with E-state index in [1.54, 1.807) is 4.90 Å². The Kier molecular flexibility index (Phi) is 7.77. The quantitative estimate of drug-likeness (QED) is 0.504. The minimum Gasteiger partial charge on any atom is -0.459 e. The van der Waals surface area contributed by atoms with Crippen molar-refractivity contribution in [1.29, 1.82) is 0 Å². The molecule has 0 radical (unpaired) electrons. The van der Waals surface area contributed by atoms with Crippen molar-refractivity contribution in [2.75, 3.05) is 44.7 Å². The van der Waals surface area contributed by atoms with Crippen LogP contribution in [-0.2, 0) is 19.1 Å². The predicted molar refractivity (Wildman–Crippen MR) is 150 cm³/mol. The molecule has 4 aliphatic rings. The van der Waals surface area contributed by atoms with Gasteiger partial charge in [0.25, 0.3) is 5.91 Å². The van der Waals surface area contributed by atoms with Crippen molar-refractivity contribution in [2.24, 2.45) is 5.92 Å². The first-order valence-corrected chi connectivity index (χ1v) is 14.4.